The largest absolute Gasteiger partial charge is 0.355 e. The molecule has 1 aromatic rings. The molecule has 2 unspecified atom stereocenters. The monoisotopic (exact) mass is 268 g/mol. The molecule has 2 atom stereocenters. The fraction of sp³-hybridized carbons (Fsp3) is 0.545. The second kappa shape index (κ2) is 3.46. The molecule has 2 aliphatic heterocycles. The first-order valence-corrected chi connectivity index (χ1v) is 6.08. The summed E-state index contributed by atoms with van der Waals surface area (Å²) in [5, 5.41) is 3.81. The van der Waals surface area contributed by atoms with Gasteiger partial charge in [-0.1, -0.05) is 11.2 Å². The minimum atomic E-state index is 0.593. The second-order valence-electron chi connectivity index (χ2n) is 4.36. The van der Waals surface area contributed by atoms with Crippen molar-refractivity contribution < 1.29 is 4.52 Å². The first kappa shape index (κ1) is 9.60. The molecule has 3 rings (SSSR count). The Bertz CT molecular complexity index is 412. The Morgan fingerprint density at radius 3 is 3.07 bits per heavy atom. The maximum absolute atomic E-state index is 5.28. The highest BCUT2D eigenvalue weighted by atomic mass is 79.9. The summed E-state index contributed by atoms with van der Waals surface area (Å²) in [5.41, 5.74) is 1.31. The van der Waals surface area contributed by atoms with E-state index in [9.17, 15) is 0 Å². The lowest BCUT2D eigenvalue weighted by Gasteiger charge is -2.29. The van der Waals surface area contributed by atoms with Crippen molar-refractivity contribution in [2.24, 2.45) is 0 Å². The molecule has 2 bridgehead atoms. The molecule has 15 heavy (non-hydrogen) atoms. The molecule has 0 aliphatic carbocycles. The molecule has 2 aliphatic rings. The molecule has 3 nitrogen and oxygen atoms in total. The van der Waals surface area contributed by atoms with E-state index in [0.29, 0.717) is 12.1 Å². The summed E-state index contributed by atoms with van der Waals surface area (Å²) in [6, 6.07) is 1.28. The highest BCUT2D eigenvalue weighted by molar-refractivity contribution is 9.10. The molecular weight excluding hydrogens is 256 g/mol. The summed E-state index contributed by atoms with van der Waals surface area (Å²) in [7, 11) is 2.21. The van der Waals surface area contributed by atoms with Crippen LogP contribution in [0.3, 0.4) is 0 Å². The Hall–Kier alpha value is -0.610. The van der Waals surface area contributed by atoms with Crippen molar-refractivity contribution in [3.63, 3.8) is 0 Å². The summed E-state index contributed by atoms with van der Waals surface area (Å²) >= 11 is 3.47. The summed E-state index contributed by atoms with van der Waals surface area (Å²) in [6.07, 6.45) is 7.70. The quantitative estimate of drug-likeness (QED) is 0.785. The number of fused-ring (bicyclic) bond motifs is 2. The van der Waals surface area contributed by atoms with Crippen molar-refractivity contribution in [3.05, 3.63) is 22.5 Å². The van der Waals surface area contributed by atoms with Gasteiger partial charge >= 0.3 is 0 Å². The lowest BCUT2D eigenvalue weighted by molar-refractivity contribution is 0.262. The average Bonchev–Trinajstić information content (AvgIpc) is 2.70. The molecule has 4 heteroatoms. The highest BCUT2D eigenvalue weighted by Gasteiger charge is 2.35. The predicted octanol–water partition coefficient (Wildman–Crippen LogP) is 2.69. The predicted molar refractivity (Wildman–Crippen MR) is 61.4 cm³/mol. The van der Waals surface area contributed by atoms with Crippen molar-refractivity contribution in [1.82, 2.24) is 10.1 Å². The fourth-order valence-corrected chi connectivity index (χ4v) is 3.06. The van der Waals surface area contributed by atoms with Gasteiger partial charge in [0, 0.05) is 12.1 Å². The van der Waals surface area contributed by atoms with Gasteiger partial charge < -0.3 is 4.52 Å². The van der Waals surface area contributed by atoms with Gasteiger partial charge in [-0.15, -0.1) is 0 Å². The zero-order valence-corrected chi connectivity index (χ0v) is 10.2. The highest BCUT2D eigenvalue weighted by Crippen LogP contribution is 2.39. The van der Waals surface area contributed by atoms with E-state index in [1.165, 1.54) is 18.4 Å². The standard InChI is InChI=1S/C11H13BrN2O/c1-14-8-2-3-9(14)5-7(4-8)11-10(12)6-13-15-11/h4,6,8-9H,2-3,5H2,1H3. The topological polar surface area (TPSA) is 29.3 Å². The third-order valence-electron chi connectivity index (χ3n) is 3.56. The Kier molecular flexibility index (Phi) is 2.21. The van der Waals surface area contributed by atoms with E-state index in [0.717, 1.165) is 16.7 Å². The van der Waals surface area contributed by atoms with Crippen molar-refractivity contribution >= 4 is 21.5 Å². The van der Waals surface area contributed by atoms with Gasteiger partial charge in [-0.3, -0.25) is 4.90 Å². The van der Waals surface area contributed by atoms with Crippen LogP contribution in [0.25, 0.3) is 5.57 Å². The van der Waals surface area contributed by atoms with E-state index in [1.54, 1.807) is 6.20 Å². The average molecular weight is 269 g/mol. The van der Waals surface area contributed by atoms with E-state index in [-0.39, 0.29) is 0 Å². The Morgan fingerprint density at radius 2 is 2.40 bits per heavy atom. The zero-order chi connectivity index (χ0) is 10.4. The lowest BCUT2D eigenvalue weighted by Crippen LogP contribution is -2.34. The van der Waals surface area contributed by atoms with Crippen molar-refractivity contribution in [3.8, 4) is 0 Å². The molecule has 0 saturated carbocycles. The summed E-state index contributed by atoms with van der Waals surface area (Å²) in [4.78, 5) is 2.47. The normalized spacial score (nSPS) is 30.7. The lowest BCUT2D eigenvalue weighted by atomic mass is 10.00. The van der Waals surface area contributed by atoms with Crippen LogP contribution < -0.4 is 0 Å². The van der Waals surface area contributed by atoms with Crippen molar-refractivity contribution in [1.29, 1.82) is 0 Å². The van der Waals surface area contributed by atoms with Gasteiger partial charge in [-0.25, -0.2) is 0 Å². The number of nitrogens with zero attached hydrogens (tertiary/aromatic N) is 2. The number of hydrogen-bond acceptors (Lipinski definition) is 3. The van der Waals surface area contributed by atoms with E-state index < -0.39 is 0 Å². The molecule has 1 fully saturated rings. The first-order valence-electron chi connectivity index (χ1n) is 5.29. The molecule has 80 valence electrons. The smallest absolute Gasteiger partial charge is 0.176 e. The SMILES string of the molecule is CN1C2C=C(c3oncc3Br)CC1CC2. The third-order valence-corrected chi connectivity index (χ3v) is 4.13. The van der Waals surface area contributed by atoms with Crippen LogP contribution in [-0.4, -0.2) is 29.2 Å². The minimum Gasteiger partial charge on any atom is -0.355 e. The molecule has 0 N–H and O–H groups in total. The molecular formula is C11H13BrN2O. The van der Waals surface area contributed by atoms with E-state index in [1.807, 2.05) is 0 Å². The van der Waals surface area contributed by atoms with E-state index in [4.69, 9.17) is 4.52 Å². The molecule has 0 spiro atoms. The number of halogens is 1. The van der Waals surface area contributed by atoms with E-state index in [2.05, 4.69) is 39.1 Å². The van der Waals surface area contributed by atoms with Crippen LogP contribution >= 0.6 is 15.9 Å². The second-order valence-corrected chi connectivity index (χ2v) is 5.22. The molecule has 1 saturated heterocycles. The molecule has 0 aromatic carbocycles. The van der Waals surface area contributed by atoms with Crippen LogP contribution in [0.2, 0.25) is 0 Å². The fourth-order valence-electron chi connectivity index (χ4n) is 2.65. The Labute approximate surface area is 97.2 Å². The maximum Gasteiger partial charge on any atom is 0.176 e. The van der Waals surface area contributed by atoms with Crippen LogP contribution in [0.5, 0.6) is 0 Å². The van der Waals surface area contributed by atoms with Gasteiger partial charge in [-0.05, 0) is 47.8 Å². The van der Waals surface area contributed by atoms with Gasteiger partial charge in [-0.2, -0.15) is 0 Å². The number of aromatic nitrogens is 1. The van der Waals surface area contributed by atoms with Gasteiger partial charge in [0.2, 0.25) is 0 Å². The molecule has 3 heterocycles. The minimum absolute atomic E-state index is 0.593. The number of hydrogen-bond donors (Lipinski definition) is 0. The third kappa shape index (κ3) is 1.47. The van der Waals surface area contributed by atoms with Crippen LogP contribution in [0.1, 0.15) is 25.0 Å². The van der Waals surface area contributed by atoms with Crippen LogP contribution in [-0.2, 0) is 0 Å². The van der Waals surface area contributed by atoms with Gasteiger partial charge in [0.05, 0.1) is 10.7 Å². The number of likely N-dealkylation sites (N-methyl/N-ethyl adjacent to an activating group) is 1. The maximum atomic E-state index is 5.28. The molecule has 1 aromatic heterocycles. The van der Waals surface area contributed by atoms with Gasteiger partial charge in [0.15, 0.2) is 5.76 Å². The zero-order valence-electron chi connectivity index (χ0n) is 8.61. The molecule has 0 amide bonds. The van der Waals surface area contributed by atoms with Crippen LogP contribution in [0.15, 0.2) is 21.3 Å². The summed E-state index contributed by atoms with van der Waals surface area (Å²) in [6.45, 7) is 0. The van der Waals surface area contributed by atoms with Gasteiger partial charge in [0.1, 0.15) is 0 Å². The Morgan fingerprint density at radius 1 is 1.53 bits per heavy atom. The summed E-state index contributed by atoms with van der Waals surface area (Å²) < 4.78 is 6.25. The van der Waals surface area contributed by atoms with Gasteiger partial charge in [0.25, 0.3) is 0 Å². The first-order chi connectivity index (χ1) is 7.25. The Balaban J connectivity index is 1.97. The van der Waals surface area contributed by atoms with Crippen LogP contribution in [0.4, 0.5) is 0 Å². The van der Waals surface area contributed by atoms with Crippen molar-refractivity contribution in [2.45, 2.75) is 31.3 Å². The van der Waals surface area contributed by atoms with Crippen molar-refractivity contribution in [2.75, 3.05) is 7.05 Å². The van der Waals surface area contributed by atoms with E-state index >= 15 is 0 Å². The molecule has 0 radical (unpaired) electrons. The number of rotatable bonds is 1. The van der Waals surface area contributed by atoms with Crippen LogP contribution in [0, 0.1) is 0 Å². The summed E-state index contributed by atoms with van der Waals surface area (Å²) in [5.74, 6) is 0.917.